The number of fused-ring (bicyclic) bond motifs is 1. The maximum Gasteiger partial charge on any atom is 0.307 e. The van der Waals surface area contributed by atoms with Gasteiger partial charge >= 0.3 is 5.97 Å². The standard InChI is InChI=1S/C28H23NO3/c30-27(29-22-17-9-15-18-10-7-8-16-21(18)22)25-23(19-11-3-1-4-12-19)26(28(31)32)24(25)20-13-5-2-6-14-20/h1-17,23-26H,(H,29,30)(H,31,32)/t23-,24-,25?,26?/m0/s1. The molecule has 0 spiro atoms. The zero-order chi connectivity index (χ0) is 22.1. The summed E-state index contributed by atoms with van der Waals surface area (Å²) < 4.78 is 0. The van der Waals surface area contributed by atoms with Crippen LogP contribution in [0.1, 0.15) is 23.0 Å². The summed E-state index contributed by atoms with van der Waals surface area (Å²) in [6, 6.07) is 32.8. The van der Waals surface area contributed by atoms with Gasteiger partial charge in [0.05, 0.1) is 11.8 Å². The Morgan fingerprint density at radius 3 is 1.75 bits per heavy atom. The summed E-state index contributed by atoms with van der Waals surface area (Å²) in [5.41, 5.74) is 2.50. The summed E-state index contributed by atoms with van der Waals surface area (Å²) in [6.45, 7) is 0. The Kier molecular flexibility index (Phi) is 5.20. The Morgan fingerprint density at radius 2 is 1.16 bits per heavy atom. The number of carbonyl (C=O) groups is 2. The highest BCUT2D eigenvalue weighted by Gasteiger charge is 2.58. The fourth-order valence-corrected chi connectivity index (χ4v) is 5.11. The highest BCUT2D eigenvalue weighted by Crippen LogP contribution is 2.58. The molecule has 2 atom stereocenters. The first-order valence-corrected chi connectivity index (χ1v) is 10.8. The van der Waals surface area contributed by atoms with Gasteiger partial charge in [-0.2, -0.15) is 0 Å². The number of carboxylic acid groups (broad SMARTS) is 1. The molecule has 4 heteroatoms. The molecule has 1 aliphatic rings. The van der Waals surface area contributed by atoms with Crippen molar-refractivity contribution in [3.05, 3.63) is 114 Å². The molecule has 0 heterocycles. The number of carbonyl (C=O) groups excluding carboxylic acids is 1. The molecule has 0 unspecified atom stereocenters. The van der Waals surface area contributed by atoms with Gasteiger partial charge in [-0.3, -0.25) is 9.59 Å². The van der Waals surface area contributed by atoms with Crippen LogP contribution < -0.4 is 5.32 Å². The maximum absolute atomic E-state index is 13.7. The van der Waals surface area contributed by atoms with E-state index in [4.69, 9.17) is 0 Å². The first-order valence-electron chi connectivity index (χ1n) is 10.8. The lowest BCUT2D eigenvalue weighted by Crippen LogP contribution is -2.52. The van der Waals surface area contributed by atoms with Crippen molar-refractivity contribution in [2.45, 2.75) is 11.8 Å². The van der Waals surface area contributed by atoms with Gasteiger partial charge in [-0.15, -0.1) is 0 Å². The minimum Gasteiger partial charge on any atom is -0.481 e. The van der Waals surface area contributed by atoms with Crippen molar-refractivity contribution in [3.8, 4) is 0 Å². The van der Waals surface area contributed by atoms with E-state index in [1.54, 1.807) is 0 Å². The van der Waals surface area contributed by atoms with Crippen LogP contribution in [0.4, 0.5) is 5.69 Å². The molecule has 1 fully saturated rings. The second-order valence-electron chi connectivity index (χ2n) is 8.28. The zero-order valence-electron chi connectivity index (χ0n) is 17.4. The van der Waals surface area contributed by atoms with Crippen molar-refractivity contribution in [1.29, 1.82) is 0 Å². The Labute approximate surface area is 186 Å². The quantitative estimate of drug-likeness (QED) is 0.436. The van der Waals surface area contributed by atoms with E-state index in [2.05, 4.69) is 5.32 Å². The minimum atomic E-state index is -0.873. The van der Waals surface area contributed by atoms with Crippen LogP contribution in [0.5, 0.6) is 0 Å². The molecule has 0 saturated heterocycles. The third-order valence-electron chi connectivity index (χ3n) is 6.55. The van der Waals surface area contributed by atoms with Crippen LogP contribution in [0.25, 0.3) is 10.8 Å². The lowest BCUT2D eigenvalue weighted by Gasteiger charge is -2.49. The van der Waals surface area contributed by atoms with Gasteiger partial charge in [0.15, 0.2) is 0 Å². The summed E-state index contributed by atoms with van der Waals surface area (Å²) in [6.07, 6.45) is 0. The van der Waals surface area contributed by atoms with Gasteiger partial charge in [0.2, 0.25) is 5.91 Å². The molecule has 0 aliphatic heterocycles. The molecule has 2 N–H and O–H groups in total. The van der Waals surface area contributed by atoms with E-state index in [0.29, 0.717) is 0 Å². The Balaban J connectivity index is 1.55. The number of aliphatic carboxylic acids is 1. The largest absolute Gasteiger partial charge is 0.481 e. The molecule has 32 heavy (non-hydrogen) atoms. The molecule has 158 valence electrons. The monoisotopic (exact) mass is 421 g/mol. The van der Waals surface area contributed by atoms with E-state index in [-0.39, 0.29) is 5.91 Å². The SMILES string of the molecule is O=C(O)C1[C@@H](c2ccccc2)C(C(=O)Nc2cccc3ccccc23)[C@@H]1c1ccccc1. The van der Waals surface area contributed by atoms with Gasteiger partial charge in [0.1, 0.15) is 0 Å². The topological polar surface area (TPSA) is 66.4 Å². The van der Waals surface area contributed by atoms with E-state index >= 15 is 0 Å². The molecule has 1 aliphatic carbocycles. The summed E-state index contributed by atoms with van der Waals surface area (Å²) in [4.78, 5) is 26.0. The molecule has 0 bridgehead atoms. The molecule has 4 aromatic carbocycles. The molecule has 0 aromatic heterocycles. The van der Waals surface area contributed by atoms with Crippen molar-refractivity contribution in [2.24, 2.45) is 11.8 Å². The first kappa shape index (κ1) is 20.0. The molecular weight excluding hydrogens is 398 g/mol. The van der Waals surface area contributed by atoms with Gasteiger partial charge in [0.25, 0.3) is 0 Å². The van der Waals surface area contributed by atoms with Crippen molar-refractivity contribution in [3.63, 3.8) is 0 Å². The number of rotatable bonds is 5. The van der Waals surface area contributed by atoms with Crippen molar-refractivity contribution in [1.82, 2.24) is 0 Å². The predicted molar refractivity (Wildman–Crippen MR) is 126 cm³/mol. The summed E-state index contributed by atoms with van der Waals surface area (Å²) in [5.74, 6) is -2.96. The fraction of sp³-hybridized carbons (Fsp3) is 0.143. The van der Waals surface area contributed by atoms with E-state index < -0.39 is 29.6 Å². The second-order valence-corrected chi connectivity index (χ2v) is 8.28. The average molecular weight is 421 g/mol. The maximum atomic E-state index is 13.7. The van der Waals surface area contributed by atoms with Gasteiger partial charge in [0, 0.05) is 22.9 Å². The van der Waals surface area contributed by atoms with Crippen LogP contribution in [-0.2, 0) is 9.59 Å². The van der Waals surface area contributed by atoms with Crippen molar-refractivity contribution < 1.29 is 14.7 Å². The van der Waals surface area contributed by atoms with Gasteiger partial charge in [-0.1, -0.05) is 97.1 Å². The third kappa shape index (κ3) is 3.44. The Morgan fingerprint density at radius 1 is 0.625 bits per heavy atom. The number of anilines is 1. The van der Waals surface area contributed by atoms with Crippen LogP contribution in [0.3, 0.4) is 0 Å². The molecular formula is C28H23NO3. The second kappa shape index (κ2) is 8.31. The molecule has 1 saturated carbocycles. The zero-order valence-corrected chi connectivity index (χ0v) is 17.4. The van der Waals surface area contributed by atoms with Crippen molar-refractivity contribution >= 4 is 28.3 Å². The molecule has 4 nitrogen and oxygen atoms in total. The highest BCUT2D eigenvalue weighted by molar-refractivity contribution is 6.04. The van der Waals surface area contributed by atoms with Crippen molar-refractivity contribution in [2.75, 3.05) is 5.32 Å². The van der Waals surface area contributed by atoms with Crippen LogP contribution in [0.15, 0.2) is 103 Å². The lowest BCUT2D eigenvalue weighted by molar-refractivity contribution is -0.152. The van der Waals surface area contributed by atoms with Gasteiger partial charge in [-0.05, 0) is 22.6 Å². The van der Waals surface area contributed by atoms with E-state index in [9.17, 15) is 14.7 Å². The summed E-state index contributed by atoms with van der Waals surface area (Å²) >= 11 is 0. The van der Waals surface area contributed by atoms with E-state index in [1.165, 1.54) is 0 Å². The van der Waals surface area contributed by atoms with E-state index in [0.717, 1.165) is 27.6 Å². The van der Waals surface area contributed by atoms with E-state index in [1.807, 2.05) is 103 Å². The number of nitrogens with one attached hydrogen (secondary N) is 1. The third-order valence-corrected chi connectivity index (χ3v) is 6.55. The molecule has 4 aromatic rings. The normalized spacial score (nSPS) is 22.1. The summed E-state index contributed by atoms with van der Waals surface area (Å²) in [7, 11) is 0. The predicted octanol–water partition coefficient (Wildman–Crippen LogP) is 5.68. The average Bonchev–Trinajstić information content (AvgIpc) is 2.80. The molecule has 1 amide bonds. The summed E-state index contributed by atoms with van der Waals surface area (Å²) in [5, 5.41) is 15.2. The Bertz CT molecular complexity index is 1220. The van der Waals surface area contributed by atoms with Crippen LogP contribution in [0.2, 0.25) is 0 Å². The Hall–Kier alpha value is -3.92. The molecule has 0 radical (unpaired) electrons. The number of carboxylic acids is 1. The van der Waals surface area contributed by atoms with Crippen LogP contribution >= 0.6 is 0 Å². The van der Waals surface area contributed by atoms with Crippen LogP contribution in [0, 0.1) is 11.8 Å². The fourth-order valence-electron chi connectivity index (χ4n) is 5.11. The number of amides is 1. The number of hydrogen-bond donors (Lipinski definition) is 2. The van der Waals surface area contributed by atoms with Gasteiger partial charge in [-0.25, -0.2) is 0 Å². The number of benzene rings is 4. The van der Waals surface area contributed by atoms with Gasteiger partial charge < -0.3 is 10.4 Å². The highest BCUT2D eigenvalue weighted by atomic mass is 16.4. The number of hydrogen-bond acceptors (Lipinski definition) is 2. The molecule has 5 rings (SSSR count). The first-order chi connectivity index (χ1) is 15.6. The smallest absolute Gasteiger partial charge is 0.307 e. The lowest BCUT2D eigenvalue weighted by atomic mass is 9.52. The van der Waals surface area contributed by atoms with Crippen LogP contribution in [-0.4, -0.2) is 17.0 Å². The minimum absolute atomic E-state index is 0.151.